The molecule has 1 aromatic rings. The molecule has 1 saturated heterocycles. The van der Waals surface area contributed by atoms with Crippen molar-refractivity contribution in [3.63, 3.8) is 0 Å². The van der Waals surface area contributed by atoms with E-state index >= 15 is 0 Å². The summed E-state index contributed by atoms with van der Waals surface area (Å²) in [5.74, 6) is -0.551. The second-order valence-electron chi connectivity index (χ2n) is 4.55. The van der Waals surface area contributed by atoms with Crippen molar-refractivity contribution in [1.29, 1.82) is 0 Å². The second kappa shape index (κ2) is 5.44. The zero-order chi connectivity index (χ0) is 14.0. The van der Waals surface area contributed by atoms with Crippen LogP contribution in [0.4, 0.5) is 10.1 Å². The molecule has 0 spiro atoms. The van der Waals surface area contributed by atoms with Crippen LogP contribution in [-0.2, 0) is 14.8 Å². The average molecular weight is 288 g/mol. The summed E-state index contributed by atoms with van der Waals surface area (Å²) < 4.78 is 44.4. The third kappa shape index (κ3) is 2.88. The number of nitrogen functional groups attached to an aromatic ring is 1. The summed E-state index contributed by atoms with van der Waals surface area (Å²) in [6.07, 6.45) is 1.46. The Balaban J connectivity index is 2.31. The van der Waals surface area contributed by atoms with E-state index in [1.807, 2.05) is 0 Å². The molecule has 5 nitrogen and oxygen atoms in total. The monoisotopic (exact) mass is 288 g/mol. The van der Waals surface area contributed by atoms with Crippen LogP contribution in [0.2, 0.25) is 0 Å². The first-order valence-corrected chi connectivity index (χ1v) is 7.47. The number of methoxy groups -OCH3 is 1. The number of sulfonamides is 1. The topological polar surface area (TPSA) is 72.6 Å². The van der Waals surface area contributed by atoms with Gasteiger partial charge in [-0.05, 0) is 31.0 Å². The average Bonchev–Trinajstić information content (AvgIpc) is 2.38. The molecule has 0 radical (unpaired) electrons. The number of hydrogen-bond donors (Lipinski definition) is 1. The number of halogens is 1. The van der Waals surface area contributed by atoms with Crippen LogP contribution in [-0.4, -0.2) is 39.0 Å². The predicted octanol–water partition coefficient (Wildman–Crippen LogP) is 1.21. The predicted molar refractivity (Wildman–Crippen MR) is 69.6 cm³/mol. The summed E-state index contributed by atoms with van der Waals surface area (Å²) in [6.45, 7) is 0.731. The van der Waals surface area contributed by atoms with Gasteiger partial charge in [0.1, 0.15) is 10.7 Å². The van der Waals surface area contributed by atoms with E-state index in [4.69, 9.17) is 10.5 Å². The number of hydrogen-bond acceptors (Lipinski definition) is 4. The quantitative estimate of drug-likeness (QED) is 0.848. The van der Waals surface area contributed by atoms with E-state index in [1.54, 1.807) is 7.11 Å². The molecule has 0 amide bonds. The summed E-state index contributed by atoms with van der Waals surface area (Å²) in [5.41, 5.74) is 5.53. The van der Waals surface area contributed by atoms with E-state index in [0.717, 1.165) is 25.0 Å². The number of anilines is 1. The van der Waals surface area contributed by atoms with Crippen molar-refractivity contribution in [2.45, 2.75) is 23.8 Å². The highest BCUT2D eigenvalue weighted by atomic mass is 32.2. The SMILES string of the molecule is COC1CCCN(S(=O)(=O)c2ccc(F)cc2N)C1. The van der Waals surface area contributed by atoms with Crippen LogP contribution >= 0.6 is 0 Å². The maximum absolute atomic E-state index is 13.0. The molecule has 0 bridgehead atoms. The van der Waals surface area contributed by atoms with Gasteiger partial charge in [0.15, 0.2) is 0 Å². The van der Waals surface area contributed by atoms with E-state index in [0.29, 0.717) is 13.1 Å². The summed E-state index contributed by atoms with van der Waals surface area (Å²) in [5, 5.41) is 0. The van der Waals surface area contributed by atoms with Gasteiger partial charge in [0, 0.05) is 20.2 Å². The fourth-order valence-electron chi connectivity index (χ4n) is 2.21. The normalized spacial score (nSPS) is 21.5. The summed E-state index contributed by atoms with van der Waals surface area (Å²) >= 11 is 0. The Hall–Kier alpha value is -1.18. The van der Waals surface area contributed by atoms with E-state index in [-0.39, 0.29) is 16.7 Å². The fourth-order valence-corrected chi connectivity index (χ4v) is 3.82. The van der Waals surface area contributed by atoms with Gasteiger partial charge < -0.3 is 10.5 Å². The molecule has 0 aromatic heterocycles. The van der Waals surface area contributed by atoms with E-state index in [1.165, 1.54) is 10.4 Å². The Labute approximate surface area is 112 Å². The Morgan fingerprint density at radius 2 is 2.21 bits per heavy atom. The summed E-state index contributed by atoms with van der Waals surface area (Å²) in [6, 6.07) is 3.32. The fraction of sp³-hybridized carbons (Fsp3) is 0.500. The number of benzene rings is 1. The Kier molecular flexibility index (Phi) is 4.07. The molecule has 1 heterocycles. The first-order valence-electron chi connectivity index (χ1n) is 6.03. The Morgan fingerprint density at radius 3 is 2.84 bits per heavy atom. The van der Waals surface area contributed by atoms with Gasteiger partial charge in [-0.2, -0.15) is 4.31 Å². The lowest BCUT2D eigenvalue weighted by atomic mass is 10.1. The number of nitrogens with two attached hydrogens (primary N) is 1. The van der Waals surface area contributed by atoms with Crippen LogP contribution in [0.3, 0.4) is 0 Å². The molecule has 7 heteroatoms. The lowest BCUT2D eigenvalue weighted by molar-refractivity contribution is 0.0572. The van der Waals surface area contributed by atoms with E-state index < -0.39 is 15.8 Å². The van der Waals surface area contributed by atoms with Gasteiger partial charge in [0.25, 0.3) is 0 Å². The minimum Gasteiger partial charge on any atom is -0.398 e. The highest BCUT2D eigenvalue weighted by molar-refractivity contribution is 7.89. The first kappa shape index (κ1) is 14.2. The zero-order valence-corrected chi connectivity index (χ0v) is 11.5. The third-order valence-electron chi connectivity index (χ3n) is 3.26. The smallest absolute Gasteiger partial charge is 0.245 e. The van der Waals surface area contributed by atoms with Crippen molar-refractivity contribution in [2.75, 3.05) is 25.9 Å². The van der Waals surface area contributed by atoms with Crippen LogP contribution in [0.1, 0.15) is 12.8 Å². The molecule has 106 valence electrons. The van der Waals surface area contributed by atoms with E-state index in [9.17, 15) is 12.8 Å². The van der Waals surface area contributed by atoms with Gasteiger partial charge in [-0.15, -0.1) is 0 Å². The van der Waals surface area contributed by atoms with Crippen molar-refractivity contribution >= 4 is 15.7 Å². The third-order valence-corrected chi connectivity index (χ3v) is 5.20. The zero-order valence-electron chi connectivity index (χ0n) is 10.7. The minimum atomic E-state index is -3.69. The van der Waals surface area contributed by atoms with Gasteiger partial charge in [-0.3, -0.25) is 0 Å². The van der Waals surface area contributed by atoms with Crippen molar-refractivity contribution in [3.8, 4) is 0 Å². The van der Waals surface area contributed by atoms with Crippen LogP contribution in [0.15, 0.2) is 23.1 Å². The molecule has 1 aliphatic rings. The molecule has 1 atom stereocenters. The minimum absolute atomic E-state index is 0.0503. The molecule has 0 saturated carbocycles. The molecule has 2 N–H and O–H groups in total. The van der Waals surface area contributed by atoms with Gasteiger partial charge in [0.05, 0.1) is 11.8 Å². The second-order valence-corrected chi connectivity index (χ2v) is 6.45. The van der Waals surface area contributed by atoms with Crippen LogP contribution in [0.5, 0.6) is 0 Å². The summed E-state index contributed by atoms with van der Waals surface area (Å²) in [7, 11) is -2.13. The number of rotatable bonds is 3. The Morgan fingerprint density at radius 1 is 1.47 bits per heavy atom. The molecular formula is C12H17FN2O3S. The van der Waals surface area contributed by atoms with Gasteiger partial charge >= 0.3 is 0 Å². The van der Waals surface area contributed by atoms with Crippen LogP contribution < -0.4 is 5.73 Å². The molecule has 1 aliphatic heterocycles. The van der Waals surface area contributed by atoms with Crippen molar-refractivity contribution < 1.29 is 17.5 Å². The molecule has 1 aromatic carbocycles. The van der Waals surface area contributed by atoms with Crippen LogP contribution in [0, 0.1) is 5.82 Å². The van der Waals surface area contributed by atoms with Crippen molar-refractivity contribution in [2.24, 2.45) is 0 Å². The van der Waals surface area contributed by atoms with Gasteiger partial charge in [-0.25, -0.2) is 12.8 Å². The van der Waals surface area contributed by atoms with Gasteiger partial charge in [0.2, 0.25) is 10.0 Å². The number of nitrogens with zero attached hydrogens (tertiary/aromatic N) is 1. The Bertz CT molecular complexity index is 562. The largest absolute Gasteiger partial charge is 0.398 e. The summed E-state index contributed by atoms with van der Waals surface area (Å²) in [4.78, 5) is -0.0503. The number of piperidine rings is 1. The molecular weight excluding hydrogens is 271 g/mol. The lowest BCUT2D eigenvalue weighted by Gasteiger charge is -2.31. The van der Waals surface area contributed by atoms with Crippen molar-refractivity contribution in [3.05, 3.63) is 24.0 Å². The highest BCUT2D eigenvalue weighted by Gasteiger charge is 2.31. The van der Waals surface area contributed by atoms with Gasteiger partial charge in [-0.1, -0.05) is 0 Å². The molecule has 1 unspecified atom stereocenters. The molecule has 2 rings (SSSR count). The molecule has 19 heavy (non-hydrogen) atoms. The molecule has 0 aliphatic carbocycles. The number of ether oxygens (including phenoxy) is 1. The highest BCUT2D eigenvalue weighted by Crippen LogP contribution is 2.26. The lowest BCUT2D eigenvalue weighted by Crippen LogP contribution is -2.43. The van der Waals surface area contributed by atoms with E-state index in [2.05, 4.69) is 0 Å². The first-order chi connectivity index (χ1) is 8.95. The maximum atomic E-state index is 13.0. The molecule has 1 fully saturated rings. The maximum Gasteiger partial charge on any atom is 0.245 e. The van der Waals surface area contributed by atoms with Crippen LogP contribution in [0.25, 0.3) is 0 Å². The standard InChI is InChI=1S/C12H17FN2O3S/c1-18-10-3-2-6-15(8-10)19(16,17)12-5-4-9(13)7-11(12)14/h4-5,7,10H,2-3,6,8,14H2,1H3. The van der Waals surface area contributed by atoms with Crippen molar-refractivity contribution in [1.82, 2.24) is 4.31 Å².